The first-order valence-corrected chi connectivity index (χ1v) is 8.55. The first kappa shape index (κ1) is 18.1. The molecule has 0 radical (unpaired) electrons. The van der Waals surface area contributed by atoms with Crippen LogP contribution in [0.15, 0.2) is 33.9 Å². The molecule has 0 saturated carbocycles. The molecule has 2 heterocycles. The molecule has 0 aliphatic carbocycles. The van der Waals surface area contributed by atoms with Gasteiger partial charge in [-0.3, -0.25) is 19.5 Å². The zero-order valence-electron chi connectivity index (χ0n) is 14.6. The summed E-state index contributed by atoms with van der Waals surface area (Å²) in [6.07, 6.45) is 0. The van der Waals surface area contributed by atoms with E-state index in [9.17, 15) is 14.4 Å². The second kappa shape index (κ2) is 7.67. The fraction of sp³-hybridized carbons (Fsp3) is 0.389. The van der Waals surface area contributed by atoms with Crippen LogP contribution >= 0.6 is 0 Å². The van der Waals surface area contributed by atoms with E-state index in [1.54, 1.807) is 36.1 Å². The van der Waals surface area contributed by atoms with Crippen LogP contribution in [-0.4, -0.2) is 70.1 Å². The minimum atomic E-state index is -0.539. The molecule has 1 aromatic carbocycles. The van der Waals surface area contributed by atoms with Crippen LogP contribution in [0, 0.1) is 6.92 Å². The lowest BCUT2D eigenvalue weighted by Crippen LogP contribution is -2.49. The van der Waals surface area contributed by atoms with Crippen LogP contribution < -0.4 is 11.2 Å². The molecule has 1 fully saturated rings. The monoisotopic (exact) mass is 358 g/mol. The molecule has 3 rings (SSSR count). The maximum atomic E-state index is 12.6. The van der Waals surface area contributed by atoms with Gasteiger partial charge in [0.1, 0.15) is 0 Å². The quantitative estimate of drug-likeness (QED) is 0.701. The van der Waals surface area contributed by atoms with Gasteiger partial charge in [0, 0.05) is 44.0 Å². The summed E-state index contributed by atoms with van der Waals surface area (Å²) in [5, 5.41) is 8.98. The number of β-amino-alcohol motifs (C(OH)–C–C–N with tert-alkyl or cyclic N) is 1. The Bertz CT molecular complexity index is 893. The Labute approximate surface area is 150 Å². The molecule has 1 aliphatic heterocycles. The van der Waals surface area contributed by atoms with Gasteiger partial charge in [0.2, 0.25) is 0 Å². The molecule has 138 valence electrons. The molecule has 2 aromatic rings. The van der Waals surface area contributed by atoms with Gasteiger partial charge in [-0.25, -0.2) is 4.79 Å². The maximum Gasteiger partial charge on any atom is 0.325 e. The molecule has 1 amide bonds. The summed E-state index contributed by atoms with van der Waals surface area (Å²) in [4.78, 5) is 44.7. The molecule has 0 unspecified atom stereocenters. The molecule has 1 aromatic heterocycles. The highest BCUT2D eigenvalue weighted by Crippen LogP contribution is 2.19. The summed E-state index contributed by atoms with van der Waals surface area (Å²) in [5.74, 6) is -0.0488. The number of rotatable bonds is 4. The van der Waals surface area contributed by atoms with Crippen LogP contribution in [-0.2, 0) is 0 Å². The largest absolute Gasteiger partial charge is 0.395 e. The molecular weight excluding hydrogens is 336 g/mol. The molecular formula is C18H22N4O4. The van der Waals surface area contributed by atoms with Crippen molar-refractivity contribution < 1.29 is 9.90 Å². The van der Waals surface area contributed by atoms with Crippen molar-refractivity contribution in [1.29, 1.82) is 0 Å². The predicted molar refractivity (Wildman–Crippen MR) is 97.3 cm³/mol. The lowest BCUT2D eigenvalue weighted by molar-refractivity contribution is 0.0615. The fourth-order valence-electron chi connectivity index (χ4n) is 3.23. The third-order valence-corrected chi connectivity index (χ3v) is 4.63. The van der Waals surface area contributed by atoms with Crippen LogP contribution in [0.4, 0.5) is 0 Å². The minimum absolute atomic E-state index is 0.0488. The number of carbonyl (C=O) groups excluding carboxylic acids is 1. The van der Waals surface area contributed by atoms with Gasteiger partial charge >= 0.3 is 5.69 Å². The third kappa shape index (κ3) is 3.76. The van der Waals surface area contributed by atoms with Gasteiger partial charge in [0.05, 0.1) is 12.2 Å². The van der Waals surface area contributed by atoms with Crippen molar-refractivity contribution in [3.8, 4) is 11.1 Å². The fourth-order valence-corrected chi connectivity index (χ4v) is 3.23. The normalized spacial score (nSPS) is 15.2. The van der Waals surface area contributed by atoms with E-state index in [1.165, 1.54) is 0 Å². The van der Waals surface area contributed by atoms with Crippen molar-refractivity contribution in [1.82, 2.24) is 19.8 Å². The number of aliphatic hydroxyl groups is 1. The van der Waals surface area contributed by atoms with Crippen molar-refractivity contribution in [2.75, 3.05) is 39.3 Å². The average molecular weight is 358 g/mol. The summed E-state index contributed by atoms with van der Waals surface area (Å²) in [7, 11) is 0. The minimum Gasteiger partial charge on any atom is -0.395 e. The van der Waals surface area contributed by atoms with Crippen molar-refractivity contribution in [3.63, 3.8) is 0 Å². The van der Waals surface area contributed by atoms with Crippen LogP contribution in [0.25, 0.3) is 11.1 Å². The number of aliphatic hydroxyl groups excluding tert-OH is 1. The number of nitrogens with one attached hydrogen (secondary N) is 2. The first-order valence-electron chi connectivity index (χ1n) is 8.55. The number of hydrogen-bond donors (Lipinski definition) is 3. The van der Waals surface area contributed by atoms with Crippen LogP contribution in [0.1, 0.15) is 16.1 Å². The third-order valence-electron chi connectivity index (χ3n) is 4.63. The summed E-state index contributed by atoms with van der Waals surface area (Å²) < 4.78 is 0. The number of benzene rings is 1. The molecule has 3 N–H and O–H groups in total. The molecule has 8 heteroatoms. The van der Waals surface area contributed by atoms with Gasteiger partial charge in [0.25, 0.3) is 11.5 Å². The Hall–Kier alpha value is -2.71. The SMILES string of the molecule is Cc1[nH]c(=O)[nH]c(=O)c1-c1ccc(C(=O)N2CCN(CCO)CC2)cc1. The number of H-pyrrole nitrogens is 2. The van der Waals surface area contributed by atoms with E-state index in [2.05, 4.69) is 14.9 Å². The lowest BCUT2D eigenvalue weighted by atomic mass is 10.0. The van der Waals surface area contributed by atoms with Gasteiger partial charge in [-0.15, -0.1) is 0 Å². The maximum absolute atomic E-state index is 12.6. The van der Waals surface area contributed by atoms with Gasteiger partial charge in [-0.1, -0.05) is 12.1 Å². The summed E-state index contributed by atoms with van der Waals surface area (Å²) >= 11 is 0. The Morgan fingerprint density at radius 3 is 2.31 bits per heavy atom. The van der Waals surface area contributed by atoms with E-state index in [0.717, 1.165) is 13.1 Å². The Morgan fingerprint density at radius 1 is 1.08 bits per heavy atom. The standard InChI is InChI=1S/C18H22N4O4/c1-12-15(16(24)20-18(26)19-12)13-2-4-14(5-3-13)17(25)22-8-6-21(7-9-22)10-11-23/h2-5,23H,6-11H2,1H3,(H2,19,20,24,26). The van der Waals surface area contributed by atoms with E-state index in [-0.39, 0.29) is 12.5 Å². The number of carbonyl (C=O) groups is 1. The highest BCUT2D eigenvalue weighted by molar-refractivity contribution is 5.94. The number of hydrogen-bond acceptors (Lipinski definition) is 5. The lowest BCUT2D eigenvalue weighted by Gasteiger charge is -2.34. The molecule has 26 heavy (non-hydrogen) atoms. The van der Waals surface area contributed by atoms with Crippen molar-refractivity contribution >= 4 is 5.91 Å². The number of amides is 1. The summed E-state index contributed by atoms with van der Waals surface area (Å²) in [6.45, 7) is 5.16. The zero-order chi connectivity index (χ0) is 18.7. The Kier molecular flexibility index (Phi) is 5.34. The van der Waals surface area contributed by atoms with E-state index in [4.69, 9.17) is 5.11 Å². The van der Waals surface area contributed by atoms with E-state index < -0.39 is 11.2 Å². The van der Waals surface area contributed by atoms with Gasteiger partial charge in [-0.2, -0.15) is 0 Å². The van der Waals surface area contributed by atoms with E-state index in [1.807, 2.05) is 0 Å². The van der Waals surface area contributed by atoms with Crippen molar-refractivity contribution in [3.05, 3.63) is 56.4 Å². The number of aromatic nitrogens is 2. The van der Waals surface area contributed by atoms with Gasteiger partial charge < -0.3 is 15.0 Å². The number of piperazine rings is 1. The first-order chi connectivity index (χ1) is 12.5. The number of aryl methyl sites for hydroxylation is 1. The highest BCUT2D eigenvalue weighted by atomic mass is 16.3. The number of aromatic amines is 2. The second-order valence-corrected chi connectivity index (χ2v) is 6.34. The molecule has 8 nitrogen and oxygen atoms in total. The second-order valence-electron chi connectivity index (χ2n) is 6.34. The van der Waals surface area contributed by atoms with Gasteiger partial charge in [0.15, 0.2) is 0 Å². The van der Waals surface area contributed by atoms with Crippen LogP contribution in [0.5, 0.6) is 0 Å². The van der Waals surface area contributed by atoms with Crippen LogP contribution in [0.2, 0.25) is 0 Å². The molecule has 1 aliphatic rings. The van der Waals surface area contributed by atoms with E-state index >= 15 is 0 Å². The smallest absolute Gasteiger partial charge is 0.325 e. The van der Waals surface area contributed by atoms with Gasteiger partial charge in [-0.05, 0) is 24.6 Å². The molecule has 1 saturated heterocycles. The summed E-state index contributed by atoms with van der Waals surface area (Å²) in [5.41, 5.74) is 1.08. The summed E-state index contributed by atoms with van der Waals surface area (Å²) in [6, 6.07) is 6.82. The van der Waals surface area contributed by atoms with E-state index in [0.29, 0.717) is 42.0 Å². The topological polar surface area (TPSA) is 109 Å². The Balaban J connectivity index is 1.75. The van der Waals surface area contributed by atoms with Crippen LogP contribution in [0.3, 0.4) is 0 Å². The average Bonchev–Trinajstić information content (AvgIpc) is 2.62. The zero-order valence-corrected chi connectivity index (χ0v) is 14.6. The number of nitrogens with zero attached hydrogens (tertiary/aromatic N) is 2. The Morgan fingerprint density at radius 2 is 1.73 bits per heavy atom. The highest BCUT2D eigenvalue weighted by Gasteiger charge is 2.22. The molecule has 0 spiro atoms. The molecule has 0 atom stereocenters. The molecule has 0 bridgehead atoms. The predicted octanol–water partition coefficient (Wildman–Crippen LogP) is -0.211. The van der Waals surface area contributed by atoms with Crippen molar-refractivity contribution in [2.24, 2.45) is 0 Å². The van der Waals surface area contributed by atoms with Crippen molar-refractivity contribution in [2.45, 2.75) is 6.92 Å².